The normalized spacial score (nSPS) is 14.2. The zero-order chi connectivity index (χ0) is 28.5. The Kier molecular flexibility index (Phi) is 7.01. The molecule has 0 unspecified atom stereocenters. The SMILES string of the molecule is Cc1c(-c2ccccc2)nc2ccccc2c1C(=O)OCC(=O)c1cc(C)n(C[C@H]2COc3ccccc3O2)c1C. The molecule has 0 spiro atoms. The van der Waals surface area contributed by atoms with Crippen LogP contribution in [0.15, 0.2) is 84.9 Å². The summed E-state index contributed by atoms with van der Waals surface area (Å²) in [5.41, 5.74) is 5.67. The number of benzene rings is 3. The number of para-hydroxylation sites is 3. The smallest absolute Gasteiger partial charge is 0.339 e. The van der Waals surface area contributed by atoms with E-state index in [2.05, 4.69) is 0 Å². The van der Waals surface area contributed by atoms with Crippen molar-refractivity contribution in [3.05, 3.63) is 113 Å². The Balaban J connectivity index is 1.21. The maximum absolute atomic E-state index is 13.5. The molecule has 0 bridgehead atoms. The van der Waals surface area contributed by atoms with Crippen molar-refractivity contribution in [1.29, 1.82) is 0 Å². The molecule has 0 saturated heterocycles. The summed E-state index contributed by atoms with van der Waals surface area (Å²) in [7, 11) is 0. The molecule has 41 heavy (non-hydrogen) atoms. The van der Waals surface area contributed by atoms with Crippen molar-refractivity contribution >= 4 is 22.7 Å². The summed E-state index contributed by atoms with van der Waals surface area (Å²) in [4.78, 5) is 31.6. The summed E-state index contributed by atoms with van der Waals surface area (Å²) in [6.45, 7) is 6.29. The fraction of sp³-hybridized carbons (Fsp3) is 0.206. The van der Waals surface area contributed by atoms with Gasteiger partial charge < -0.3 is 18.8 Å². The van der Waals surface area contributed by atoms with E-state index in [1.54, 1.807) is 0 Å². The molecule has 0 N–H and O–H groups in total. The molecule has 1 atom stereocenters. The number of aromatic nitrogens is 2. The highest BCUT2D eigenvalue weighted by Gasteiger charge is 2.25. The third-order valence-electron chi connectivity index (χ3n) is 7.55. The molecule has 5 aromatic rings. The molecule has 3 heterocycles. The van der Waals surface area contributed by atoms with E-state index >= 15 is 0 Å². The van der Waals surface area contributed by atoms with Crippen molar-refractivity contribution in [3.63, 3.8) is 0 Å². The third-order valence-corrected chi connectivity index (χ3v) is 7.55. The first kappa shape index (κ1) is 26.3. The summed E-state index contributed by atoms with van der Waals surface area (Å²) in [6, 6.07) is 26.6. The van der Waals surface area contributed by atoms with Crippen LogP contribution in [-0.2, 0) is 11.3 Å². The van der Waals surface area contributed by atoms with Crippen LogP contribution in [0.4, 0.5) is 0 Å². The second kappa shape index (κ2) is 10.9. The van der Waals surface area contributed by atoms with Crippen molar-refractivity contribution in [1.82, 2.24) is 9.55 Å². The lowest BCUT2D eigenvalue weighted by molar-refractivity contribution is 0.0475. The number of nitrogens with zero attached hydrogens (tertiary/aromatic N) is 2. The predicted octanol–water partition coefficient (Wildman–Crippen LogP) is 6.51. The van der Waals surface area contributed by atoms with E-state index in [0.717, 1.165) is 22.7 Å². The first-order valence-corrected chi connectivity index (χ1v) is 13.6. The lowest BCUT2D eigenvalue weighted by Gasteiger charge is -2.27. The number of carbonyl (C=O) groups is 2. The van der Waals surface area contributed by atoms with Crippen molar-refractivity contribution in [3.8, 4) is 22.8 Å². The molecule has 7 heteroatoms. The molecule has 0 radical (unpaired) electrons. The molecule has 1 aliphatic rings. The number of pyridine rings is 1. The van der Waals surface area contributed by atoms with E-state index in [1.165, 1.54) is 0 Å². The van der Waals surface area contributed by atoms with Gasteiger partial charge in [-0.05, 0) is 50.6 Å². The molecule has 6 rings (SSSR count). The van der Waals surface area contributed by atoms with E-state index in [4.69, 9.17) is 19.2 Å². The zero-order valence-corrected chi connectivity index (χ0v) is 23.2. The number of ether oxygens (including phenoxy) is 3. The van der Waals surface area contributed by atoms with Crippen molar-refractivity contribution in [2.45, 2.75) is 33.4 Å². The van der Waals surface area contributed by atoms with Crippen LogP contribution in [0.3, 0.4) is 0 Å². The molecular formula is C34H30N2O5. The minimum atomic E-state index is -0.549. The molecule has 1 aliphatic heterocycles. The number of fused-ring (bicyclic) bond motifs is 2. The average Bonchev–Trinajstić information content (AvgIpc) is 3.28. The molecule has 2 aromatic heterocycles. The van der Waals surface area contributed by atoms with E-state index in [-0.39, 0.29) is 18.5 Å². The summed E-state index contributed by atoms with van der Waals surface area (Å²) in [6.07, 6.45) is -0.197. The lowest BCUT2D eigenvalue weighted by atomic mass is 9.98. The van der Waals surface area contributed by atoms with Gasteiger partial charge in [0.25, 0.3) is 0 Å². The first-order valence-electron chi connectivity index (χ1n) is 13.6. The Labute approximate surface area is 238 Å². The summed E-state index contributed by atoms with van der Waals surface area (Å²) >= 11 is 0. The number of aryl methyl sites for hydroxylation is 1. The Hall–Kier alpha value is -4.91. The van der Waals surface area contributed by atoms with Crippen LogP contribution in [0, 0.1) is 20.8 Å². The maximum atomic E-state index is 13.5. The van der Waals surface area contributed by atoms with Gasteiger partial charge in [-0.15, -0.1) is 0 Å². The molecule has 0 aliphatic carbocycles. The van der Waals surface area contributed by atoms with Crippen LogP contribution in [-0.4, -0.2) is 40.6 Å². The van der Waals surface area contributed by atoms with Crippen LogP contribution in [0.5, 0.6) is 11.5 Å². The Bertz CT molecular complexity index is 1770. The van der Waals surface area contributed by atoms with Crippen LogP contribution in [0.25, 0.3) is 22.2 Å². The van der Waals surface area contributed by atoms with Gasteiger partial charge in [0, 0.05) is 27.9 Å². The van der Waals surface area contributed by atoms with Crippen molar-refractivity contribution in [2.75, 3.05) is 13.2 Å². The molecular weight excluding hydrogens is 516 g/mol. The van der Waals surface area contributed by atoms with Gasteiger partial charge in [-0.25, -0.2) is 9.78 Å². The Morgan fingerprint density at radius 3 is 2.44 bits per heavy atom. The van der Waals surface area contributed by atoms with Gasteiger partial charge in [0.05, 0.1) is 23.3 Å². The van der Waals surface area contributed by atoms with Gasteiger partial charge >= 0.3 is 5.97 Å². The number of ketones is 1. The maximum Gasteiger partial charge on any atom is 0.339 e. The van der Waals surface area contributed by atoms with Crippen LogP contribution in [0.2, 0.25) is 0 Å². The second-order valence-corrected chi connectivity index (χ2v) is 10.2. The highest BCUT2D eigenvalue weighted by atomic mass is 16.6. The number of carbonyl (C=O) groups excluding carboxylic acids is 2. The minimum Gasteiger partial charge on any atom is -0.486 e. The van der Waals surface area contributed by atoms with Crippen LogP contribution >= 0.6 is 0 Å². The fourth-order valence-corrected chi connectivity index (χ4v) is 5.45. The molecule has 0 amide bonds. The van der Waals surface area contributed by atoms with Gasteiger partial charge in [-0.3, -0.25) is 4.79 Å². The van der Waals surface area contributed by atoms with E-state index in [0.29, 0.717) is 52.2 Å². The van der Waals surface area contributed by atoms with Gasteiger partial charge in [0.2, 0.25) is 5.78 Å². The molecule has 7 nitrogen and oxygen atoms in total. The summed E-state index contributed by atoms with van der Waals surface area (Å²) in [5, 5.41) is 0.691. The standard InChI is InChI=1S/C34H30N2O5/c1-21-17-27(23(3)36(21)18-25-19-39-30-15-9-10-16-31(30)41-25)29(37)20-40-34(38)32-22(2)33(24-11-5-4-6-12-24)35-28-14-8-7-13-26(28)32/h4-17,25H,18-20H2,1-3H3/t25-/m0/s1. The van der Waals surface area contributed by atoms with E-state index in [9.17, 15) is 9.59 Å². The van der Waals surface area contributed by atoms with E-state index in [1.807, 2.05) is 110 Å². The average molecular weight is 547 g/mol. The van der Waals surface area contributed by atoms with Crippen LogP contribution < -0.4 is 9.47 Å². The molecule has 0 saturated carbocycles. The molecule has 0 fully saturated rings. The number of esters is 1. The number of Topliss-reactive ketones (excluding diaryl/α,β-unsaturated/α-hetero) is 1. The van der Waals surface area contributed by atoms with Gasteiger partial charge in [0.15, 0.2) is 24.2 Å². The zero-order valence-electron chi connectivity index (χ0n) is 23.2. The number of hydrogen-bond donors (Lipinski definition) is 0. The van der Waals surface area contributed by atoms with E-state index < -0.39 is 5.97 Å². The highest BCUT2D eigenvalue weighted by molar-refractivity contribution is 6.07. The predicted molar refractivity (Wildman–Crippen MR) is 157 cm³/mol. The Morgan fingerprint density at radius 1 is 0.927 bits per heavy atom. The van der Waals surface area contributed by atoms with Crippen LogP contribution in [0.1, 0.15) is 37.7 Å². The first-order chi connectivity index (χ1) is 19.9. The topological polar surface area (TPSA) is 79.7 Å². The minimum absolute atomic E-state index is 0.197. The number of hydrogen-bond acceptors (Lipinski definition) is 6. The third kappa shape index (κ3) is 5.07. The fourth-order valence-electron chi connectivity index (χ4n) is 5.45. The quantitative estimate of drug-likeness (QED) is 0.171. The molecule has 206 valence electrons. The van der Waals surface area contributed by atoms with Gasteiger partial charge in [0.1, 0.15) is 6.61 Å². The van der Waals surface area contributed by atoms with Gasteiger partial charge in [-0.2, -0.15) is 0 Å². The largest absolute Gasteiger partial charge is 0.486 e. The molecule has 3 aromatic carbocycles. The van der Waals surface area contributed by atoms with Crippen molar-refractivity contribution in [2.24, 2.45) is 0 Å². The highest BCUT2D eigenvalue weighted by Crippen LogP contribution is 2.32. The number of rotatable bonds is 7. The lowest BCUT2D eigenvalue weighted by Crippen LogP contribution is -2.33. The monoisotopic (exact) mass is 546 g/mol. The second-order valence-electron chi connectivity index (χ2n) is 10.2. The summed E-state index contributed by atoms with van der Waals surface area (Å²) < 4.78 is 19.7. The van der Waals surface area contributed by atoms with Gasteiger partial charge in [-0.1, -0.05) is 60.7 Å². The Morgan fingerprint density at radius 2 is 1.63 bits per heavy atom. The van der Waals surface area contributed by atoms with Crippen molar-refractivity contribution < 1.29 is 23.8 Å². The summed E-state index contributed by atoms with van der Waals surface area (Å²) in [5.74, 6) is 0.634.